The Morgan fingerprint density at radius 1 is 1.26 bits per heavy atom. The second-order valence-electron chi connectivity index (χ2n) is 6.41. The predicted octanol–water partition coefficient (Wildman–Crippen LogP) is 3.66. The standard InChI is InChI=1S/C17H23N3OS2/c1-2-20-16(21)14-12-5-3-4-6-13(12)23-15(14)19-17(20)18-11-7-9-22-10-8-11/h11H,2-10H2,1H3,(H,18,19). The number of aromatic nitrogens is 2. The van der Waals surface area contributed by atoms with E-state index in [1.807, 2.05) is 23.3 Å². The maximum atomic E-state index is 13.0. The van der Waals surface area contributed by atoms with Gasteiger partial charge in [-0.05, 0) is 62.5 Å². The molecule has 0 aromatic carbocycles. The smallest absolute Gasteiger partial charge is 0.263 e. The number of anilines is 1. The minimum atomic E-state index is 0.157. The topological polar surface area (TPSA) is 46.9 Å². The molecule has 4 rings (SSSR count). The molecule has 0 atom stereocenters. The zero-order valence-corrected chi connectivity index (χ0v) is 15.2. The average Bonchev–Trinajstić information content (AvgIpc) is 2.94. The van der Waals surface area contributed by atoms with Gasteiger partial charge in [0, 0.05) is 17.5 Å². The summed E-state index contributed by atoms with van der Waals surface area (Å²) in [6, 6.07) is 0.452. The molecule has 0 spiro atoms. The molecule has 1 saturated heterocycles. The Labute approximate surface area is 144 Å². The molecule has 0 saturated carbocycles. The number of nitrogens with zero attached hydrogens (tertiary/aromatic N) is 2. The van der Waals surface area contributed by atoms with E-state index in [0.717, 1.165) is 41.8 Å². The van der Waals surface area contributed by atoms with Gasteiger partial charge in [-0.3, -0.25) is 9.36 Å². The first-order valence-electron chi connectivity index (χ1n) is 8.67. The molecule has 2 aromatic heterocycles. The van der Waals surface area contributed by atoms with Gasteiger partial charge in [-0.15, -0.1) is 11.3 Å². The van der Waals surface area contributed by atoms with Crippen LogP contribution in [0.2, 0.25) is 0 Å². The summed E-state index contributed by atoms with van der Waals surface area (Å²) in [6.45, 7) is 2.71. The van der Waals surface area contributed by atoms with E-state index in [1.165, 1.54) is 34.8 Å². The molecular weight excluding hydrogens is 326 g/mol. The lowest BCUT2D eigenvalue weighted by Crippen LogP contribution is -2.31. The molecule has 1 aliphatic heterocycles. The zero-order chi connectivity index (χ0) is 15.8. The van der Waals surface area contributed by atoms with Crippen LogP contribution in [0.15, 0.2) is 4.79 Å². The van der Waals surface area contributed by atoms with Gasteiger partial charge in [0.05, 0.1) is 5.39 Å². The summed E-state index contributed by atoms with van der Waals surface area (Å²) >= 11 is 3.76. The number of aryl methyl sites for hydroxylation is 2. The molecule has 1 N–H and O–H groups in total. The van der Waals surface area contributed by atoms with Crippen molar-refractivity contribution in [2.45, 2.75) is 58.0 Å². The van der Waals surface area contributed by atoms with Crippen molar-refractivity contribution in [3.05, 3.63) is 20.8 Å². The van der Waals surface area contributed by atoms with Gasteiger partial charge < -0.3 is 5.32 Å². The normalized spacial score (nSPS) is 19.0. The first-order chi connectivity index (χ1) is 11.3. The monoisotopic (exact) mass is 349 g/mol. The Morgan fingerprint density at radius 2 is 2.04 bits per heavy atom. The van der Waals surface area contributed by atoms with E-state index in [2.05, 4.69) is 5.32 Å². The molecule has 0 unspecified atom stereocenters. The molecular formula is C17H23N3OS2. The second-order valence-corrected chi connectivity index (χ2v) is 8.72. The quantitative estimate of drug-likeness (QED) is 0.918. The summed E-state index contributed by atoms with van der Waals surface area (Å²) in [5.41, 5.74) is 1.45. The van der Waals surface area contributed by atoms with Crippen LogP contribution in [0, 0.1) is 0 Å². The van der Waals surface area contributed by atoms with E-state index in [0.29, 0.717) is 12.6 Å². The van der Waals surface area contributed by atoms with E-state index in [4.69, 9.17) is 4.98 Å². The number of rotatable bonds is 3. The van der Waals surface area contributed by atoms with E-state index in [9.17, 15) is 4.79 Å². The van der Waals surface area contributed by atoms with Crippen LogP contribution >= 0.6 is 23.1 Å². The Bertz CT molecular complexity index is 774. The lowest BCUT2D eigenvalue weighted by Gasteiger charge is -2.24. The van der Waals surface area contributed by atoms with Crippen LogP contribution in [0.5, 0.6) is 0 Å². The van der Waals surface area contributed by atoms with Crippen LogP contribution < -0.4 is 10.9 Å². The largest absolute Gasteiger partial charge is 0.353 e. The van der Waals surface area contributed by atoms with E-state index in [1.54, 1.807) is 11.3 Å². The molecule has 0 bridgehead atoms. The van der Waals surface area contributed by atoms with Crippen LogP contribution in [-0.4, -0.2) is 27.1 Å². The molecule has 4 nitrogen and oxygen atoms in total. The maximum absolute atomic E-state index is 13.0. The van der Waals surface area contributed by atoms with Crippen molar-refractivity contribution >= 4 is 39.3 Å². The Hall–Kier alpha value is -1.01. The molecule has 0 amide bonds. The third kappa shape index (κ3) is 2.80. The van der Waals surface area contributed by atoms with Crippen LogP contribution in [-0.2, 0) is 19.4 Å². The summed E-state index contributed by atoms with van der Waals surface area (Å²) in [7, 11) is 0. The average molecular weight is 350 g/mol. The van der Waals surface area contributed by atoms with Gasteiger partial charge in [-0.2, -0.15) is 11.8 Å². The van der Waals surface area contributed by atoms with Crippen molar-refractivity contribution in [3.8, 4) is 0 Å². The van der Waals surface area contributed by atoms with Crippen molar-refractivity contribution in [1.82, 2.24) is 9.55 Å². The minimum Gasteiger partial charge on any atom is -0.353 e. The first kappa shape index (κ1) is 15.5. The molecule has 2 aromatic rings. The number of nitrogens with one attached hydrogen (secondary N) is 1. The third-order valence-corrected chi connectivity index (χ3v) is 7.18. The van der Waals surface area contributed by atoms with Gasteiger partial charge in [0.15, 0.2) is 0 Å². The van der Waals surface area contributed by atoms with Crippen molar-refractivity contribution in [3.63, 3.8) is 0 Å². The molecule has 124 valence electrons. The van der Waals surface area contributed by atoms with Gasteiger partial charge >= 0.3 is 0 Å². The van der Waals surface area contributed by atoms with E-state index in [-0.39, 0.29) is 5.56 Å². The van der Waals surface area contributed by atoms with Gasteiger partial charge in [0.25, 0.3) is 5.56 Å². The fourth-order valence-electron chi connectivity index (χ4n) is 3.67. The van der Waals surface area contributed by atoms with E-state index < -0.39 is 0 Å². The SMILES string of the molecule is CCn1c(NC2CCSCC2)nc2sc3c(c2c1=O)CCCC3. The van der Waals surface area contributed by atoms with Crippen molar-refractivity contribution in [2.75, 3.05) is 16.8 Å². The first-order valence-corrected chi connectivity index (χ1v) is 10.6. The molecule has 3 heterocycles. The summed E-state index contributed by atoms with van der Waals surface area (Å²) in [6.07, 6.45) is 6.91. The highest BCUT2D eigenvalue weighted by Crippen LogP contribution is 2.34. The number of hydrogen-bond acceptors (Lipinski definition) is 5. The van der Waals surface area contributed by atoms with Crippen LogP contribution in [0.4, 0.5) is 5.95 Å². The van der Waals surface area contributed by atoms with Gasteiger partial charge in [0.2, 0.25) is 5.95 Å². The van der Waals surface area contributed by atoms with Crippen LogP contribution in [0.1, 0.15) is 43.0 Å². The van der Waals surface area contributed by atoms with Crippen molar-refractivity contribution < 1.29 is 0 Å². The third-order valence-electron chi connectivity index (χ3n) is 4.95. The lowest BCUT2D eigenvalue weighted by atomic mass is 9.97. The minimum absolute atomic E-state index is 0.157. The lowest BCUT2D eigenvalue weighted by molar-refractivity contribution is 0.636. The number of fused-ring (bicyclic) bond motifs is 3. The molecule has 0 radical (unpaired) electrons. The van der Waals surface area contributed by atoms with Crippen LogP contribution in [0.3, 0.4) is 0 Å². The molecule has 1 fully saturated rings. The Kier molecular flexibility index (Phi) is 4.37. The van der Waals surface area contributed by atoms with Gasteiger partial charge in [-0.1, -0.05) is 0 Å². The Morgan fingerprint density at radius 3 is 2.83 bits per heavy atom. The van der Waals surface area contributed by atoms with E-state index >= 15 is 0 Å². The maximum Gasteiger partial charge on any atom is 0.263 e. The fraction of sp³-hybridized carbons (Fsp3) is 0.647. The predicted molar refractivity (Wildman–Crippen MR) is 100 cm³/mol. The summed E-state index contributed by atoms with van der Waals surface area (Å²) in [5, 5.41) is 4.46. The van der Waals surface area contributed by atoms with Crippen molar-refractivity contribution in [2.24, 2.45) is 0 Å². The van der Waals surface area contributed by atoms with Crippen LogP contribution in [0.25, 0.3) is 10.2 Å². The number of hydrogen-bond donors (Lipinski definition) is 1. The second kappa shape index (κ2) is 6.48. The highest BCUT2D eigenvalue weighted by Gasteiger charge is 2.23. The highest BCUT2D eigenvalue weighted by molar-refractivity contribution is 7.99. The summed E-state index contributed by atoms with van der Waals surface area (Å²) in [4.78, 5) is 20.2. The fourth-order valence-corrected chi connectivity index (χ4v) is 6.02. The van der Waals surface area contributed by atoms with Crippen molar-refractivity contribution in [1.29, 1.82) is 0 Å². The summed E-state index contributed by atoms with van der Waals surface area (Å²) in [5.74, 6) is 3.17. The zero-order valence-electron chi connectivity index (χ0n) is 13.6. The highest BCUT2D eigenvalue weighted by atomic mass is 32.2. The van der Waals surface area contributed by atoms with Gasteiger partial charge in [-0.25, -0.2) is 4.98 Å². The number of thioether (sulfide) groups is 1. The molecule has 23 heavy (non-hydrogen) atoms. The molecule has 6 heteroatoms. The summed E-state index contributed by atoms with van der Waals surface area (Å²) < 4.78 is 1.84. The number of thiophene rings is 1. The van der Waals surface area contributed by atoms with Gasteiger partial charge in [0.1, 0.15) is 4.83 Å². The molecule has 1 aliphatic carbocycles. The Balaban J connectivity index is 1.79. The molecule has 2 aliphatic rings.